The van der Waals surface area contributed by atoms with Crippen LogP contribution in [-0.2, 0) is 19.1 Å². The minimum absolute atomic E-state index is 0.00255. The third-order valence-corrected chi connectivity index (χ3v) is 8.83. The summed E-state index contributed by atoms with van der Waals surface area (Å²) in [6.45, 7) is 19.6. The van der Waals surface area contributed by atoms with Crippen LogP contribution < -0.4 is 5.32 Å². The van der Waals surface area contributed by atoms with Gasteiger partial charge in [-0.2, -0.15) is 0 Å². The summed E-state index contributed by atoms with van der Waals surface area (Å²) in [4.78, 5) is 28.6. The smallest absolute Gasteiger partial charge is 0.225 e. The van der Waals surface area contributed by atoms with Crippen LogP contribution in [0.1, 0.15) is 112 Å². The first-order valence-corrected chi connectivity index (χ1v) is 15.8. The Bertz CT molecular complexity index is 863. The van der Waals surface area contributed by atoms with E-state index in [-0.39, 0.29) is 41.5 Å². The standard InChI is InChI=1S/C29H46N2O4.C3H8.C2H6/c1-8-19(2)20(3)25(34-6)17-26(32)31-16-12-15-24(31)27(35-7)21(4)28(33)30-29(5)18-23(29)22-13-10-9-11-14-22;1-3-2;1-2/h9-11,13-14,19-21,23-25,27H,8,12,15-18H2,1-7H3,(H,30,33);3H2,1-2H3;1-2H3/t19?,20-,21+,23+,24-,25+,27?,29-;;/m0../s1. The third kappa shape index (κ3) is 9.58. The molecule has 2 aliphatic rings. The molecule has 2 amide bonds. The molecule has 0 spiro atoms. The minimum Gasteiger partial charge on any atom is -0.381 e. The zero-order chi connectivity index (χ0) is 30.5. The van der Waals surface area contributed by atoms with Crippen LogP contribution in [0.2, 0.25) is 0 Å². The highest BCUT2D eigenvalue weighted by Crippen LogP contribution is 2.51. The van der Waals surface area contributed by atoms with Crippen molar-refractivity contribution in [3.63, 3.8) is 0 Å². The van der Waals surface area contributed by atoms with Gasteiger partial charge in [0.15, 0.2) is 0 Å². The number of likely N-dealkylation sites (tertiary alicyclic amines) is 1. The summed E-state index contributed by atoms with van der Waals surface area (Å²) < 4.78 is 11.6. The van der Waals surface area contributed by atoms with Gasteiger partial charge in [0.25, 0.3) is 0 Å². The number of hydrogen-bond donors (Lipinski definition) is 1. The molecule has 1 aromatic rings. The molecular formula is C34H60N2O4. The lowest BCUT2D eigenvalue weighted by molar-refractivity contribution is -0.142. The summed E-state index contributed by atoms with van der Waals surface area (Å²) in [5.74, 6) is 0.865. The van der Waals surface area contributed by atoms with Crippen molar-refractivity contribution in [2.24, 2.45) is 17.8 Å². The molecular weight excluding hydrogens is 500 g/mol. The molecule has 3 rings (SSSR count). The minimum atomic E-state index is -0.357. The lowest BCUT2D eigenvalue weighted by atomic mass is 9.87. The van der Waals surface area contributed by atoms with Crippen LogP contribution >= 0.6 is 0 Å². The maximum Gasteiger partial charge on any atom is 0.225 e. The van der Waals surface area contributed by atoms with Crippen molar-refractivity contribution < 1.29 is 19.1 Å². The molecule has 1 aliphatic carbocycles. The van der Waals surface area contributed by atoms with Crippen molar-refractivity contribution in [1.82, 2.24) is 10.2 Å². The number of benzene rings is 1. The van der Waals surface area contributed by atoms with Gasteiger partial charge in [-0.3, -0.25) is 9.59 Å². The van der Waals surface area contributed by atoms with E-state index in [0.717, 1.165) is 25.7 Å². The molecule has 1 aliphatic heterocycles. The van der Waals surface area contributed by atoms with Gasteiger partial charge in [-0.05, 0) is 43.6 Å². The highest BCUT2D eigenvalue weighted by atomic mass is 16.5. The van der Waals surface area contributed by atoms with Crippen LogP contribution in [0.3, 0.4) is 0 Å². The van der Waals surface area contributed by atoms with Crippen molar-refractivity contribution in [2.75, 3.05) is 20.8 Å². The Kier molecular flexibility index (Phi) is 16.1. The lowest BCUT2D eigenvalue weighted by Crippen LogP contribution is -2.51. The van der Waals surface area contributed by atoms with Crippen LogP contribution in [0.25, 0.3) is 0 Å². The van der Waals surface area contributed by atoms with E-state index in [9.17, 15) is 9.59 Å². The van der Waals surface area contributed by atoms with E-state index in [1.165, 1.54) is 12.0 Å². The molecule has 1 saturated heterocycles. The average Bonchev–Trinajstić information content (AvgIpc) is 3.39. The number of ether oxygens (including phenoxy) is 2. The van der Waals surface area contributed by atoms with Crippen LogP contribution in [-0.4, -0.2) is 61.3 Å². The summed E-state index contributed by atoms with van der Waals surface area (Å²) in [6.07, 6.45) is 4.95. The predicted molar refractivity (Wildman–Crippen MR) is 166 cm³/mol. The van der Waals surface area contributed by atoms with Gasteiger partial charge in [0.05, 0.1) is 30.6 Å². The molecule has 8 atom stereocenters. The van der Waals surface area contributed by atoms with Crippen molar-refractivity contribution in [2.45, 2.75) is 131 Å². The zero-order valence-corrected chi connectivity index (χ0v) is 27.5. The Hall–Kier alpha value is -1.92. The maximum absolute atomic E-state index is 13.4. The molecule has 2 fully saturated rings. The van der Waals surface area contributed by atoms with E-state index in [4.69, 9.17) is 9.47 Å². The van der Waals surface area contributed by atoms with Gasteiger partial charge in [0.1, 0.15) is 0 Å². The summed E-state index contributed by atoms with van der Waals surface area (Å²) in [6, 6.07) is 10.3. The van der Waals surface area contributed by atoms with Gasteiger partial charge < -0.3 is 19.7 Å². The van der Waals surface area contributed by atoms with E-state index in [1.807, 2.05) is 43.9 Å². The zero-order valence-electron chi connectivity index (χ0n) is 27.5. The van der Waals surface area contributed by atoms with Gasteiger partial charge in [-0.15, -0.1) is 0 Å². The first kappa shape index (κ1) is 36.1. The number of carbonyl (C=O) groups is 2. The molecule has 0 aromatic heterocycles. The number of rotatable bonds is 12. The second kappa shape index (κ2) is 17.8. The molecule has 0 bridgehead atoms. The normalized spacial score (nSPS) is 25.2. The van der Waals surface area contributed by atoms with Gasteiger partial charge in [-0.1, -0.05) is 98.6 Å². The van der Waals surface area contributed by atoms with Gasteiger partial charge >= 0.3 is 0 Å². The average molecular weight is 561 g/mol. The Morgan fingerprint density at radius 2 is 1.65 bits per heavy atom. The molecule has 1 N–H and O–H groups in total. The van der Waals surface area contributed by atoms with Crippen LogP contribution in [0, 0.1) is 17.8 Å². The Morgan fingerprint density at radius 1 is 1.05 bits per heavy atom. The Labute approximate surface area is 246 Å². The Morgan fingerprint density at radius 3 is 2.17 bits per heavy atom. The topological polar surface area (TPSA) is 67.9 Å². The fourth-order valence-electron chi connectivity index (χ4n) is 5.87. The summed E-state index contributed by atoms with van der Waals surface area (Å²) >= 11 is 0. The molecule has 1 heterocycles. The Balaban J connectivity index is 0.00000150. The molecule has 0 radical (unpaired) electrons. The van der Waals surface area contributed by atoms with Crippen LogP contribution in [0.5, 0.6) is 0 Å². The largest absolute Gasteiger partial charge is 0.381 e. The maximum atomic E-state index is 13.4. The van der Waals surface area contributed by atoms with Crippen LogP contribution in [0.4, 0.5) is 0 Å². The number of nitrogens with one attached hydrogen (secondary N) is 1. The highest BCUT2D eigenvalue weighted by molar-refractivity contribution is 5.81. The first-order valence-electron chi connectivity index (χ1n) is 15.8. The number of nitrogens with zero attached hydrogens (tertiary/aromatic N) is 1. The van der Waals surface area contributed by atoms with E-state index in [0.29, 0.717) is 30.7 Å². The van der Waals surface area contributed by atoms with Crippen molar-refractivity contribution in [1.29, 1.82) is 0 Å². The van der Waals surface area contributed by atoms with Crippen molar-refractivity contribution in [3.8, 4) is 0 Å². The molecule has 6 nitrogen and oxygen atoms in total. The monoisotopic (exact) mass is 560 g/mol. The van der Waals surface area contributed by atoms with E-state index in [1.54, 1.807) is 14.2 Å². The fourth-order valence-corrected chi connectivity index (χ4v) is 5.87. The van der Waals surface area contributed by atoms with E-state index in [2.05, 4.69) is 59.0 Å². The van der Waals surface area contributed by atoms with Gasteiger partial charge in [-0.25, -0.2) is 0 Å². The number of carbonyl (C=O) groups excluding carboxylic acids is 2. The number of methoxy groups -OCH3 is 2. The quantitative estimate of drug-likeness (QED) is 0.293. The van der Waals surface area contributed by atoms with E-state index >= 15 is 0 Å². The third-order valence-electron chi connectivity index (χ3n) is 8.83. The van der Waals surface area contributed by atoms with E-state index < -0.39 is 0 Å². The number of hydrogen-bond acceptors (Lipinski definition) is 4. The highest BCUT2D eigenvalue weighted by Gasteiger charge is 2.53. The van der Waals surface area contributed by atoms with Crippen molar-refractivity contribution in [3.05, 3.63) is 35.9 Å². The molecule has 1 aromatic carbocycles. The molecule has 230 valence electrons. The summed E-state index contributed by atoms with van der Waals surface area (Å²) in [7, 11) is 3.35. The summed E-state index contributed by atoms with van der Waals surface area (Å²) in [5, 5.41) is 3.29. The first-order chi connectivity index (χ1) is 19.1. The van der Waals surface area contributed by atoms with Crippen LogP contribution in [0.15, 0.2) is 30.3 Å². The second-order valence-electron chi connectivity index (χ2n) is 11.8. The van der Waals surface area contributed by atoms with Gasteiger partial charge in [0.2, 0.25) is 11.8 Å². The van der Waals surface area contributed by atoms with Gasteiger partial charge in [0, 0.05) is 32.2 Å². The predicted octanol–water partition coefficient (Wildman–Crippen LogP) is 7.22. The fraction of sp³-hybridized carbons (Fsp3) is 0.765. The van der Waals surface area contributed by atoms with Crippen molar-refractivity contribution >= 4 is 11.8 Å². The second-order valence-corrected chi connectivity index (χ2v) is 11.8. The molecule has 40 heavy (non-hydrogen) atoms. The SMILES string of the molecule is CC.CCC.CCC(C)[C@H](C)[C@@H](CC(=O)N1CCC[C@H]1C(OC)[C@@H](C)C(=O)N[C@@]1(C)C[C@@H]1c1ccccc1)OC. The molecule has 2 unspecified atom stereocenters. The summed E-state index contributed by atoms with van der Waals surface area (Å²) in [5.41, 5.74) is 1.03. The lowest BCUT2D eigenvalue weighted by Gasteiger charge is -2.35. The number of amides is 2. The molecule has 1 saturated carbocycles. The molecule has 6 heteroatoms.